The molecule has 1 heterocycles. The summed E-state index contributed by atoms with van der Waals surface area (Å²) in [6.45, 7) is 8.31. The van der Waals surface area contributed by atoms with Crippen LogP contribution in [0.4, 0.5) is 0 Å². The van der Waals surface area contributed by atoms with Crippen molar-refractivity contribution in [3.05, 3.63) is 71.5 Å². The van der Waals surface area contributed by atoms with E-state index in [2.05, 4.69) is 13.5 Å². The third-order valence-electron chi connectivity index (χ3n) is 8.10. The Morgan fingerprint density at radius 2 is 2.00 bits per heavy atom. The van der Waals surface area contributed by atoms with Crippen LogP contribution in [0.3, 0.4) is 0 Å². The summed E-state index contributed by atoms with van der Waals surface area (Å²) in [5.41, 5.74) is 0.899. The van der Waals surface area contributed by atoms with E-state index >= 15 is 0 Å². The first-order valence-corrected chi connectivity index (χ1v) is 11.5. The van der Waals surface area contributed by atoms with Gasteiger partial charge in [-0.15, -0.1) is 0 Å². The minimum Gasteiger partial charge on any atom is -0.508 e. The van der Waals surface area contributed by atoms with Crippen LogP contribution in [-0.4, -0.2) is 41.5 Å². The fourth-order valence-corrected chi connectivity index (χ4v) is 6.20. The zero-order valence-corrected chi connectivity index (χ0v) is 19.3. The minimum absolute atomic E-state index is 0.0402. The molecule has 1 aromatic carbocycles. The molecule has 6 heteroatoms. The molecule has 0 spiro atoms. The molecule has 2 saturated carbocycles. The van der Waals surface area contributed by atoms with Gasteiger partial charge in [-0.1, -0.05) is 50.3 Å². The number of aliphatic hydroxyl groups is 2. The number of cyclic esters (lactones) is 1. The van der Waals surface area contributed by atoms with Crippen LogP contribution in [0.5, 0.6) is 0 Å². The summed E-state index contributed by atoms with van der Waals surface area (Å²) in [6.07, 6.45) is 6.21. The van der Waals surface area contributed by atoms with Crippen LogP contribution in [0.1, 0.15) is 49.9 Å². The molecule has 1 aliphatic heterocycles. The number of carbonyl (C=O) groups excluding carboxylic acids is 2. The molecule has 0 amide bonds. The highest BCUT2D eigenvalue weighted by atomic mass is 16.6. The number of allylic oxidation sites excluding steroid dienone is 2. The van der Waals surface area contributed by atoms with Gasteiger partial charge in [0.2, 0.25) is 0 Å². The van der Waals surface area contributed by atoms with Crippen LogP contribution >= 0.6 is 0 Å². The number of rotatable bonds is 5. The lowest BCUT2D eigenvalue weighted by molar-refractivity contribution is -0.149. The van der Waals surface area contributed by atoms with E-state index in [0.29, 0.717) is 12.0 Å². The molecule has 0 radical (unpaired) electrons. The molecule has 0 saturated heterocycles. The topological polar surface area (TPSA) is 93.1 Å². The highest BCUT2D eigenvalue weighted by Gasteiger charge is 2.58. The quantitative estimate of drug-likeness (QED) is 0.504. The largest absolute Gasteiger partial charge is 0.508 e. The van der Waals surface area contributed by atoms with Gasteiger partial charge in [-0.2, -0.15) is 0 Å². The molecule has 1 aromatic rings. The van der Waals surface area contributed by atoms with Gasteiger partial charge >= 0.3 is 11.9 Å². The third kappa shape index (κ3) is 4.01. The molecular formula is C27H32O6. The molecule has 3 aliphatic rings. The van der Waals surface area contributed by atoms with E-state index < -0.39 is 17.5 Å². The molecule has 6 nitrogen and oxygen atoms in total. The lowest BCUT2D eigenvalue weighted by Gasteiger charge is -2.59. The number of benzene rings is 1. The van der Waals surface area contributed by atoms with Gasteiger partial charge in [0.25, 0.3) is 0 Å². The maximum atomic E-state index is 12.8. The van der Waals surface area contributed by atoms with E-state index in [9.17, 15) is 19.8 Å². The average molecular weight is 453 g/mol. The lowest BCUT2D eigenvalue weighted by atomic mass is 9.46. The van der Waals surface area contributed by atoms with Crippen LogP contribution in [0.25, 0.3) is 0 Å². The van der Waals surface area contributed by atoms with Gasteiger partial charge in [0.05, 0.1) is 12.2 Å². The Labute approximate surface area is 194 Å². The Kier molecular flexibility index (Phi) is 6.23. The van der Waals surface area contributed by atoms with Crippen LogP contribution in [0.2, 0.25) is 0 Å². The van der Waals surface area contributed by atoms with Gasteiger partial charge in [0, 0.05) is 11.3 Å². The second-order valence-electron chi connectivity index (χ2n) is 9.99. The Balaban J connectivity index is 1.60. The number of hydrogen-bond acceptors (Lipinski definition) is 6. The van der Waals surface area contributed by atoms with Gasteiger partial charge in [-0.3, -0.25) is 0 Å². The first-order chi connectivity index (χ1) is 15.7. The van der Waals surface area contributed by atoms with Crippen molar-refractivity contribution in [3.63, 3.8) is 0 Å². The fraction of sp³-hybridized carbons (Fsp3) is 0.481. The molecule has 2 fully saturated rings. The zero-order valence-electron chi connectivity index (χ0n) is 19.3. The Bertz CT molecular complexity index is 1010. The van der Waals surface area contributed by atoms with Crippen molar-refractivity contribution >= 4 is 11.9 Å². The Morgan fingerprint density at radius 1 is 1.27 bits per heavy atom. The first-order valence-electron chi connectivity index (χ1n) is 11.5. The standard InChI is InChI=1S/C27H32O6/c1-17-9-12-22-26(2,20(17)11-10-19-21(29)15-32-25(19)31)14-13-23(27(22,3)16-28)33-24(30)18-7-5-4-6-8-18/h4-8,10-11,20,22-23,28-29H,1,9,12-16H2,2-3H3/b11-10+/t20-,22-,23-,26+,27+/m1/s1. The predicted molar refractivity (Wildman–Crippen MR) is 123 cm³/mol. The normalized spacial score (nSPS) is 34.3. The van der Waals surface area contributed by atoms with Crippen LogP contribution < -0.4 is 0 Å². The Hall–Kier alpha value is -2.86. The summed E-state index contributed by atoms with van der Waals surface area (Å²) in [7, 11) is 0. The minimum atomic E-state index is -0.613. The van der Waals surface area contributed by atoms with Crippen molar-refractivity contribution in [2.45, 2.75) is 45.6 Å². The number of hydrogen-bond donors (Lipinski definition) is 2. The summed E-state index contributed by atoms with van der Waals surface area (Å²) < 4.78 is 10.9. The van der Waals surface area contributed by atoms with Gasteiger partial charge < -0.3 is 19.7 Å². The average Bonchev–Trinajstić information content (AvgIpc) is 3.13. The van der Waals surface area contributed by atoms with Gasteiger partial charge in [0.1, 0.15) is 24.0 Å². The van der Waals surface area contributed by atoms with Gasteiger partial charge in [-0.25, -0.2) is 9.59 Å². The van der Waals surface area contributed by atoms with Crippen molar-refractivity contribution in [3.8, 4) is 0 Å². The lowest BCUT2D eigenvalue weighted by Crippen LogP contribution is -2.58. The number of fused-ring (bicyclic) bond motifs is 1. The van der Waals surface area contributed by atoms with E-state index in [4.69, 9.17) is 9.47 Å². The molecular weight excluding hydrogens is 420 g/mol. The van der Waals surface area contributed by atoms with Crippen molar-refractivity contribution in [1.82, 2.24) is 0 Å². The summed E-state index contributed by atoms with van der Waals surface area (Å²) in [5.74, 6) is -0.917. The van der Waals surface area contributed by atoms with Gasteiger partial charge in [-0.05, 0) is 55.2 Å². The summed E-state index contributed by atoms with van der Waals surface area (Å²) in [4.78, 5) is 24.7. The predicted octanol–water partition coefficient (Wildman–Crippen LogP) is 4.52. The second kappa shape index (κ2) is 8.82. The molecule has 33 heavy (non-hydrogen) atoms. The number of esters is 2. The maximum absolute atomic E-state index is 12.8. The highest BCUT2D eigenvalue weighted by Crippen LogP contribution is 2.61. The SMILES string of the molecule is C=C1CC[C@H]2[C@](C)(CO)[C@H](OC(=O)c3ccccc3)CC[C@@]2(C)[C@@H]1/C=C/C1=C(O)COC1=O. The Morgan fingerprint density at radius 3 is 2.64 bits per heavy atom. The number of aliphatic hydroxyl groups excluding tert-OH is 2. The fourth-order valence-electron chi connectivity index (χ4n) is 6.20. The van der Waals surface area contributed by atoms with E-state index in [0.717, 1.165) is 24.8 Å². The van der Waals surface area contributed by atoms with Crippen molar-refractivity contribution in [2.24, 2.45) is 22.7 Å². The number of ether oxygens (including phenoxy) is 2. The molecule has 4 rings (SSSR count). The van der Waals surface area contributed by atoms with Crippen LogP contribution in [-0.2, 0) is 14.3 Å². The monoisotopic (exact) mass is 452 g/mol. The van der Waals surface area contributed by atoms with Crippen LogP contribution in [0.15, 0.2) is 66.0 Å². The molecule has 2 aliphatic carbocycles. The third-order valence-corrected chi connectivity index (χ3v) is 8.10. The van der Waals surface area contributed by atoms with E-state index in [1.54, 1.807) is 30.3 Å². The van der Waals surface area contributed by atoms with Crippen LogP contribution in [0, 0.1) is 22.7 Å². The van der Waals surface area contributed by atoms with Crippen molar-refractivity contribution in [1.29, 1.82) is 0 Å². The molecule has 0 bridgehead atoms. The molecule has 176 valence electrons. The van der Waals surface area contributed by atoms with Crippen molar-refractivity contribution in [2.75, 3.05) is 13.2 Å². The molecule has 5 atom stereocenters. The summed E-state index contributed by atoms with van der Waals surface area (Å²) in [5, 5.41) is 20.5. The second-order valence-corrected chi connectivity index (χ2v) is 9.99. The molecule has 0 aromatic heterocycles. The highest BCUT2D eigenvalue weighted by molar-refractivity contribution is 5.94. The zero-order chi connectivity index (χ0) is 23.8. The smallest absolute Gasteiger partial charge is 0.342 e. The first kappa shape index (κ1) is 23.3. The van der Waals surface area contributed by atoms with E-state index in [1.807, 2.05) is 19.1 Å². The number of carbonyl (C=O) groups is 2. The van der Waals surface area contributed by atoms with Gasteiger partial charge in [0.15, 0.2) is 0 Å². The molecule has 2 N–H and O–H groups in total. The van der Waals surface area contributed by atoms with Crippen molar-refractivity contribution < 1.29 is 29.3 Å². The van der Waals surface area contributed by atoms with E-state index in [-0.39, 0.29) is 47.8 Å². The summed E-state index contributed by atoms with van der Waals surface area (Å²) >= 11 is 0. The molecule has 0 unspecified atom stereocenters. The summed E-state index contributed by atoms with van der Waals surface area (Å²) in [6, 6.07) is 8.92. The van der Waals surface area contributed by atoms with E-state index in [1.165, 1.54) is 0 Å². The maximum Gasteiger partial charge on any atom is 0.342 e.